The number of nitrogens with one attached hydrogen (secondary N) is 2. The van der Waals surface area contributed by atoms with Crippen molar-refractivity contribution in [3.8, 4) is 5.75 Å². The van der Waals surface area contributed by atoms with Crippen LogP contribution < -0.4 is 14.8 Å². The van der Waals surface area contributed by atoms with Crippen molar-refractivity contribution in [1.29, 1.82) is 0 Å². The molecule has 4 rings (SSSR count). The third kappa shape index (κ3) is 5.66. The normalized spacial score (nSPS) is 19.4. The Hall–Kier alpha value is -2.38. The summed E-state index contributed by atoms with van der Waals surface area (Å²) < 4.78 is 33.6. The molecule has 0 bridgehead atoms. The fourth-order valence-electron chi connectivity index (χ4n) is 4.51. The lowest BCUT2D eigenvalue weighted by molar-refractivity contribution is -0.124. The molecule has 1 atom stereocenters. The standard InChI is InChI=1S/C24H30N2O4S/c27-24(25-23-12-6-8-18-7-4-5-11-22(18)23)17-30-20-13-15-21(16-14-20)31(28,29)26-19-9-2-1-3-10-19/h4-5,7,11,13-16,19,23,26H,1-3,6,8-10,12,17H2,(H,25,27). The van der Waals surface area contributed by atoms with E-state index in [9.17, 15) is 13.2 Å². The Kier molecular flexibility index (Phi) is 6.92. The minimum Gasteiger partial charge on any atom is -0.484 e. The van der Waals surface area contributed by atoms with Crippen LogP contribution in [0.3, 0.4) is 0 Å². The molecule has 2 N–H and O–H groups in total. The molecule has 0 spiro atoms. The summed E-state index contributed by atoms with van der Waals surface area (Å²) in [4.78, 5) is 12.6. The van der Waals surface area contributed by atoms with Crippen LogP contribution in [0.1, 0.15) is 62.1 Å². The van der Waals surface area contributed by atoms with E-state index in [4.69, 9.17) is 4.74 Å². The van der Waals surface area contributed by atoms with Gasteiger partial charge >= 0.3 is 0 Å². The zero-order valence-corrected chi connectivity index (χ0v) is 18.5. The zero-order chi connectivity index (χ0) is 21.7. The minimum atomic E-state index is -3.54. The Morgan fingerprint density at radius 2 is 1.68 bits per heavy atom. The van der Waals surface area contributed by atoms with Gasteiger partial charge in [-0.1, -0.05) is 43.5 Å². The largest absolute Gasteiger partial charge is 0.484 e. The Morgan fingerprint density at radius 3 is 2.45 bits per heavy atom. The average molecular weight is 443 g/mol. The lowest BCUT2D eigenvalue weighted by Gasteiger charge is -2.26. The second kappa shape index (κ2) is 9.83. The minimum absolute atomic E-state index is 0.0134. The molecule has 2 aromatic carbocycles. The van der Waals surface area contributed by atoms with Crippen molar-refractivity contribution in [2.45, 2.75) is 68.3 Å². The van der Waals surface area contributed by atoms with Gasteiger partial charge in [0.05, 0.1) is 10.9 Å². The molecule has 0 heterocycles. The smallest absolute Gasteiger partial charge is 0.258 e. The van der Waals surface area contributed by atoms with Gasteiger partial charge in [0, 0.05) is 6.04 Å². The summed E-state index contributed by atoms with van der Waals surface area (Å²) >= 11 is 0. The predicted molar refractivity (Wildman–Crippen MR) is 119 cm³/mol. The van der Waals surface area contributed by atoms with Crippen molar-refractivity contribution in [2.24, 2.45) is 0 Å². The van der Waals surface area contributed by atoms with E-state index in [0.717, 1.165) is 44.9 Å². The van der Waals surface area contributed by atoms with Crippen LogP contribution in [-0.4, -0.2) is 27.0 Å². The number of aryl methyl sites for hydroxylation is 1. The SMILES string of the molecule is O=C(COc1ccc(S(=O)(=O)NC2CCCCC2)cc1)NC1CCCc2ccccc21. The van der Waals surface area contributed by atoms with Gasteiger partial charge in [0.15, 0.2) is 6.61 Å². The van der Waals surface area contributed by atoms with Gasteiger partial charge in [-0.2, -0.15) is 0 Å². The first-order valence-electron chi connectivity index (χ1n) is 11.1. The maximum absolute atomic E-state index is 12.6. The first-order valence-corrected chi connectivity index (χ1v) is 12.6. The number of carbonyl (C=O) groups is 1. The number of fused-ring (bicyclic) bond motifs is 1. The van der Waals surface area contributed by atoms with E-state index in [1.54, 1.807) is 12.1 Å². The Bertz CT molecular complexity index is 998. The third-order valence-corrected chi connectivity index (χ3v) is 7.67. The van der Waals surface area contributed by atoms with Gasteiger partial charge in [-0.15, -0.1) is 0 Å². The van der Waals surface area contributed by atoms with Crippen LogP contribution >= 0.6 is 0 Å². The summed E-state index contributed by atoms with van der Waals surface area (Å²) in [7, 11) is -3.54. The molecule has 0 aromatic heterocycles. The summed E-state index contributed by atoms with van der Waals surface area (Å²) in [5.74, 6) is 0.285. The van der Waals surface area contributed by atoms with Crippen molar-refractivity contribution in [1.82, 2.24) is 10.0 Å². The number of amides is 1. The molecular formula is C24H30N2O4S. The highest BCUT2D eigenvalue weighted by Gasteiger charge is 2.23. The summed E-state index contributed by atoms with van der Waals surface area (Å²) in [5, 5.41) is 3.06. The quantitative estimate of drug-likeness (QED) is 0.682. The second-order valence-corrected chi connectivity index (χ2v) is 10.1. The number of carbonyl (C=O) groups excluding carboxylic acids is 1. The van der Waals surface area contributed by atoms with Gasteiger partial charge in [-0.25, -0.2) is 13.1 Å². The van der Waals surface area contributed by atoms with Crippen LogP contribution in [0.25, 0.3) is 0 Å². The number of sulfonamides is 1. The van der Waals surface area contributed by atoms with Crippen LogP contribution in [0.5, 0.6) is 5.75 Å². The monoisotopic (exact) mass is 442 g/mol. The molecule has 0 saturated heterocycles. The fourth-order valence-corrected chi connectivity index (χ4v) is 5.82. The molecule has 31 heavy (non-hydrogen) atoms. The molecule has 2 aliphatic carbocycles. The van der Waals surface area contributed by atoms with Gasteiger partial charge in [0.1, 0.15) is 5.75 Å². The van der Waals surface area contributed by atoms with Crippen LogP contribution in [0.2, 0.25) is 0 Å². The highest BCUT2D eigenvalue weighted by atomic mass is 32.2. The highest BCUT2D eigenvalue weighted by molar-refractivity contribution is 7.89. The summed E-state index contributed by atoms with van der Waals surface area (Å²) in [5.41, 5.74) is 2.47. The van der Waals surface area contributed by atoms with E-state index in [1.165, 1.54) is 29.7 Å². The average Bonchev–Trinajstić information content (AvgIpc) is 2.79. The molecule has 1 saturated carbocycles. The summed E-state index contributed by atoms with van der Waals surface area (Å²) in [6, 6.07) is 14.5. The van der Waals surface area contributed by atoms with E-state index in [1.807, 2.05) is 12.1 Å². The zero-order valence-electron chi connectivity index (χ0n) is 17.7. The molecule has 0 radical (unpaired) electrons. The van der Waals surface area contributed by atoms with E-state index >= 15 is 0 Å². The van der Waals surface area contributed by atoms with E-state index in [-0.39, 0.29) is 29.5 Å². The first-order chi connectivity index (χ1) is 15.0. The van der Waals surface area contributed by atoms with Gasteiger partial charge in [0.25, 0.3) is 5.91 Å². The van der Waals surface area contributed by atoms with Gasteiger partial charge < -0.3 is 10.1 Å². The number of hydrogen-bond acceptors (Lipinski definition) is 4. The fraction of sp³-hybridized carbons (Fsp3) is 0.458. The van der Waals surface area contributed by atoms with Gasteiger partial charge in [-0.3, -0.25) is 4.79 Å². The summed E-state index contributed by atoms with van der Waals surface area (Å²) in [6.07, 6.45) is 8.09. The molecule has 1 fully saturated rings. The van der Waals surface area contributed by atoms with Crippen LogP contribution in [0.4, 0.5) is 0 Å². The molecule has 1 unspecified atom stereocenters. The van der Waals surface area contributed by atoms with Crippen molar-refractivity contribution < 1.29 is 17.9 Å². The van der Waals surface area contributed by atoms with Crippen LogP contribution in [0, 0.1) is 0 Å². The number of hydrogen-bond donors (Lipinski definition) is 2. The van der Waals surface area contributed by atoms with Crippen LogP contribution in [-0.2, 0) is 21.2 Å². The number of benzene rings is 2. The van der Waals surface area contributed by atoms with Crippen LogP contribution in [0.15, 0.2) is 53.4 Å². The molecule has 0 aliphatic heterocycles. The Balaban J connectivity index is 1.30. The van der Waals surface area contributed by atoms with Crippen molar-refractivity contribution in [3.05, 3.63) is 59.7 Å². The Morgan fingerprint density at radius 1 is 0.935 bits per heavy atom. The van der Waals surface area contributed by atoms with Crippen molar-refractivity contribution in [3.63, 3.8) is 0 Å². The molecule has 2 aliphatic rings. The molecule has 2 aromatic rings. The lowest BCUT2D eigenvalue weighted by Crippen LogP contribution is -2.36. The topological polar surface area (TPSA) is 84.5 Å². The van der Waals surface area contributed by atoms with Crippen molar-refractivity contribution >= 4 is 15.9 Å². The Labute approximate surface area is 184 Å². The number of rotatable bonds is 7. The first kappa shape index (κ1) is 21.8. The predicted octanol–water partition coefficient (Wildman–Crippen LogP) is 3.87. The highest BCUT2D eigenvalue weighted by Crippen LogP contribution is 2.29. The molecule has 6 nitrogen and oxygen atoms in total. The van der Waals surface area contributed by atoms with E-state index < -0.39 is 10.0 Å². The molecule has 1 amide bonds. The second-order valence-electron chi connectivity index (χ2n) is 8.43. The maximum atomic E-state index is 12.6. The van der Waals surface area contributed by atoms with Gasteiger partial charge in [-0.05, 0) is 67.5 Å². The third-order valence-electron chi connectivity index (χ3n) is 6.14. The maximum Gasteiger partial charge on any atom is 0.258 e. The molecule has 166 valence electrons. The molecule has 7 heteroatoms. The van der Waals surface area contributed by atoms with Crippen molar-refractivity contribution in [2.75, 3.05) is 6.61 Å². The lowest BCUT2D eigenvalue weighted by atomic mass is 9.88. The summed E-state index contributed by atoms with van der Waals surface area (Å²) in [6.45, 7) is -0.106. The molecular weight excluding hydrogens is 412 g/mol. The number of ether oxygens (including phenoxy) is 1. The van der Waals surface area contributed by atoms with Gasteiger partial charge in [0.2, 0.25) is 10.0 Å². The van der Waals surface area contributed by atoms with E-state index in [2.05, 4.69) is 22.2 Å². The van der Waals surface area contributed by atoms with E-state index in [0.29, 0.717) is 5.75 Å².